The lowest BCUT2D eigenvalue weighted by Crippen LogP contribution is -2.05. The van der Waals surface area contributed by atoms with Gasteiger partial charge in [0.1, 0.15) is 0 Å². The summed E-state index contributed by atoms with van der Waals surface area (Å²) in [6.45, 7) is 15.8. The largest absolute Gasteiger partial charge is 0.101 e. The van der Waals surface area contributed by atoms with Gasteiger partial charge in [0.05, 0.1) is 0 Å². The Hall–Kier alpha value is -2.80. The topological polar surface area (TPSA) is 0 Å². The summed E-state index contributed by atoms with van der Waals surface area (Å²) >= 11 is 0. The van der Waals surface area contributed by atoms with Crippen molar-refractivity contribution in [3.05, 3.63) is 44.6 Å². The minimum absolute atomic E-state index is 0.948. The van der Waals surface area contributed by atoms with Crippen LogP contribution in [0.25, 0.3) is 0 Å². The van der Waals surface area contributed by atoms with Gasteiger partial charge >= 0.3 is 0 Å². The molecule has 0 saturated carbocycles. The predicted octanol–water partition coefficient (Wildman–Crippen LogP) is 5.36. The van der Waals surface area contributed by atoms with Crippen molar-refractivity contribution in [2.24, 2.45) is 0 Å². The van der Waals surface area contributed by atoms with E-state index in [2.05, 4.69) is 75.1 Å². The molecule has 0 heterocycles. The normalized spacial score (nSPS) is 26.3. The molecular weight excluding hydrogens is 288 g/mol. The van der Waals surface area contributed by atoms with E-state index in [9.17, 15) is 0 Å². The van der Waals surface area contributed by atoms with Gasteiger partial charge in [0, 0.05) is 22.3 Å². The smallest absolute Gasteiger partial charge is 0.0446 e. The number of hydrogen-bond donors (Lipinski definition) is 0. The van der Waals surface area contributed by atoms with Gasteiger partial charge in [0.25, 0.3) is 0 Å². The monoisotopic (exact) mass is 312 g/mol. The van der Waals surface area contributed by atoms with E-state index in [1.807, 2.05) is 27.7 Å². The molecule has 120 valence electrons. The summed E-state index contributed by atoms with van der Waals surface area (Å²) in [5, 5.41) is 0. The zero-order valence-corrected chi connectivity index (χ0v) is 16.0. The second-order valence-electron chi connectivity index (χ2n) is 5.50. The van der Waals surface area contributed by atoms with Crippen LogP contribution in [-0.4, -0.2) is 0 Å². The molecule has 0 N–H and O–H groups in total. The molecule has 0 fully saturated rings. The summed E-state index contributed by atoms with van der Waals surface area (Å²) < 4.78 is 0. The van der Waals surface area contributed by atoms with Gasteiger partial charge in [-0.2, -0.15) is 0 Å². The van der Waals surface area contributed by atoms with Crippen molar-refractivity contribution in [1.29, 1.82) is 0 Å². The highest BCUT2D eigenvalue weighted by atomic mass is 14.2. The van der Waals surface area contributed by atoms with Crippen molar-refractivity contribution in [1.82, 2.24) is 0 Å². The maximum atomic E-state index is 3.26. The molecule has 0 aromatic rings. The fourth-order valence-corrected chi connectivity index (χ4v) is 2.75. The van der Waals surface area contributed by atoms with E-state index in [0.717, 1.165) is 44.6 Å². The Balaban J connectivity index is 4.20. The average Bonchev–Trinajstić information content (AvgIpc) is 2.57. The Kier molecular flexibility index (Phi) is 7.00. The summed E-state index contributed by atoms with van der Waals surface area (Å²) in [7, 11) is 0. The number of hydrogen-bond acceptors (Lipinski definition) is 0. The standard InChI is InChI=1S/C24H24/c1-9-13-21-17(5)18(6)22(14-10-2)20(8)24(16-12-4)23(15-11-3)19(21)7/h1-8H3/b18-17-,21-17?,21-19-,22-18?,22-20-,23-19?,24-20?,24-23-. The molecule has 0 spiro atoms. The first-order chi connectivity index (χ1) is 11.4. The van der Waals surface area contributed by atoms with E-state index in [4.69, 9.17) is 0 Å². The van der Waals surface area contributed by atoms with E-state index in [1.165, 1.54) is 0 Å². The van der Waals surface area contributed by atoms with Crippen molar-refractivity contribution in [3.63, 3.8) is 0 Å². The lowest BCUT2D eigenvalue weighted by atomic mass is 9.83. The molecule has 0 bridgehead atoms. The van der Waals surface area contributed by atoms with Gasteiger partial charge in [-0.15, -0.1) is 23.7 Å². The van der Waals surface area contributed by atoms with Gasteiger partial charge in [0.15, 0.2) is 0 Å². The van der Waals surface area contributed by atoms with Crippen molar-refractivity contribution >= 4 is 0 Å². The van der Waals surface area contributed by atoms with Crippen LogP contribution in [0.5, 0.6) is 0 Å². The Morgan fingerprint density at radius 1 is 0.375 bits per heavy atom. The summed E-state index contributed by atoms with van der Waals surface area (Å²) in [6, 6.07) is 0. The molecule has 0 radical (unpaired) electrons. The summed E-state index contributed by atoms with van der Waals surface area (Å²) in [4.78, 5) is 0. The van der Waals surface area contributed by atoms with Gasteiger partial charge in [-0.1, -0.05) is 23.7 Å². The predicted molar refractivity (Wildman–Crippen MR) is 105 cm³/mol. The van der Waals surface area contributed by atoms with Gasteiger partial charge in [-0.05, 0) is 77.7 Å². The van der Waals surface area contributed by atoms with Crippen molar-refractivity contribution in [2.45, 2.75) is 55.4 Å². The first-order valence-corrected chi connectivity index (χ1v) is 8.00. The molecule has 0 aromatic carbocycles. The Morgan fingerprint density at radius 3 is 0.875 bits per heavy atom. The molecule has 24 heavy (non-hydrogen) atoms. The number of allylic oxidation sites excluding steroid dienone is 8. The number of rotatable bonds is 0. The third kappa shape index (κ3) is 3.75. The lowest BCUT2D eigenvalue weighted by molar-refractivity contribution is 1.21. The summed E-state index contributed by atoms with van der Waals surface area (Å²) in [5.41, 5.74) is 8.40. The minimum Gasteiger partial charge on any atom is -0.101 e. The molecule has 0 aromatic heterocycles. The van der Waals surface area contributed by atoms with Gasteiger partial charge in [-0.25, -0.2) is 0 Å². The molecule has 0 heteroatoms. The molecule has 0 amide bonds. The Labute approximate surface area is 147 Å². The van der Waals surface area contributed by atoms with Crippen LogP contribution in [0.3, 0.4) is 0 Å². The third-order valence-corrected chi connectivity index (χ3v) is 4.06. The Morgan fingerprint density at radius 2 is 0.625 bits per heavy atom. The molecular formula is C24H24. The summed E-state index contributed by atoms with van der Waals surface area (Å²) in [5.74, 6) is 25.1. The van der Waals surface area contributed by atoms with E-state index in [-0.39, 0.29) is 0 Å². The fraction of sp³-hybridized carbons (Fsp3) is 0.333. The molecule has 1 aliphatic carbocycles. The van der Waals surface area contributed by atoms with E-state index < -0.39 is 0 Å². The van der Waals surface area contributed by atoms with Crippen LogP contribution in [0, 0.1) is 47.4 Å². The maximum absolute atomic E-state index is 3.26. The highest BCUT2D eigenvalue weighted by molar-refractivity contribution is 5.72. The van der Waals surface area contributed by atoms with Gasteiger partial charge in [-0.3, -0.25) is 0 Å². The van der Waals surface area contributed by atoms with E-state index in [1.54, 1.807) is 0 Å². The first kappa shape index (κ1) is 19.2. The maximum Gasteiger partial charge on any atom is 0.0446 e. The van der Waals surface area contributed by atoms with Gasteiger partial charge < -0.3 is 0 Å². The molecule has 0 nitrogen and oxygen atoms in total. The quantitative estimate of drug-likeness (QED) is 0.528. The lowest BCUT2D eigenvalue weighted by Gasteiger charge is -2.19. The molecule has 0 atom stereocenters. The van der Waals surface area contributed by atoms with Crippen molar-refractivity contribution < 1.29 is 0 Å². The second-order valence-corrected chi connectivity index (χ2v) is 5.50. The van der Waals surface area contributed by atoms with Crippen LogP contribution in [0.2, 0.25) is 0 Å². The highest BCUT2D eigenvalue weighted by Crippen LogP contribution is 2.34. The fourth-order valence-electron chi connectivity index (χ4n) is 2.75. The zero-order valence-electron chi connectivity index (χ0n) is 16.0. The van der Waals surface area contributed by atoms with E-state index in [0.29, 0.717) is 0 Å². The third-order valence-electron chi connectivity index (χ3n) is 4.06. The molecule has 1 rings (SSSR count). The van der Waals surface area contributed by atoms with Crippen LogP contribution in [0.4, 0.5) is 0 Å². The van der Waals surface area contributed by atoms with Crippen molar-refractivity contribution in [3.8, 4) is 47.4 Å². The summed E-state index contributed by atoms with van der Waals surface area (Å²) in [6.07, 6.45) is 0. The Bertz CT molecular complexity index is 844. The van der Waals surface area contributed by atoms with Crippen molar-refractivity contribution in [2.75, 3.05) is 0 Å². The van der Waals surface area contributed by atoms with Crippen LogP contribution in [0.15, 0.2) is 44.6 Å². The van der Waals surface area contributed by atoms with E-state index >= 15 is 0 Å². The average molecular weight is 312 g/mol. The highest BCUT2D eigenvalue weighted by Gasteiger charge is 2.20. The minimum atomic E-state index is 0.948. The molecule has 0 unspecified atom stereocenters. The molecule has 1 aliphatic rings. The second kappa shape index (κ2) is 8.73. The van der Waals surface area contributed by atoms with Crippen LogP contribution >= 0.6 is 0 Å². The zero-order chi connectivity index (χ0) is 18.3. The SMILES string of the molecule is CC#CC1=C(C#CC)/C(C)=C(C#CC)\C(C)=C(C)/C(C#CC)=C\1C. The van der Waals surface area contributed by atoms with Crippen LogP contribution in [-0.2, 0) is 0 Å². The molecule has 0 saturated heterocycles. The van der Waals surface area contributed by atoms with Crippen LogP contribution in [0.1, 0.15) is 55.4 Å². The van der Waals surface area contributed by atoms with Crippen LogP contribution < -0.4 is 0 Å². The molecule has 0 aliphatic heterocycles. The van der Waals surface area contributed by atoms with Gasteiger partial charge in [0.2, 0.25) is 0 Å². The first-order valence-electron chi connectivity index (χ1n) is 8.00.